The molecule has 0 unspecified atom stereocenters. The first kappa shape index (κ1) is 12.1. The first-order chi connectivity index (χ1) is 8.27. The first-order valence-corrected chi connectivity index (χ1v) is 6.57. The SMILES string of the molecule is C=C1C(=O)C2=C(C[C@](C)(CO)C2)[C@](C)(O)C12CC2. The highest BCUT2D eigenvalue weighted by Gasteiger charge is 2.65. The summed E-state index contributed by atoms with van der Waals surface area (Å²) >= 11 is 0. The summed E-state index contributed by atoms with van der Waals surface area (Å²) in [6.07, 6.45) is 2.86. The molecule has 3 heteroatoms. The molecule has 0 radical (unpaired) electrons. The summed E-state index contributed by atoms with van der Waals surface area (Å²) in [7, 11) is 0. The summed E-state index contributed by atoms with van der Waals surface area (Å²) in [5, 5.41) is 20.4. The minimum Gasteiger partial charge on any atom is -0.396 e. The third kappa shape index (κ3) is 1.19. The molecule has 98 valence electrons. The number of Topliss-reactive ketones (excluding diaryl/α,β-unsaturated/α-hetero) is 1. The predicted molar refractivity (Wildman–Crippen MR) is 67.9 cm³/mol. The Bertz CT molecular complexity index is 494. The molecule has 0 aromatic heterocycles. The molecule has 3 aliphatic rings. The topological polar surface area (TPSA) is 57.5 Å². The number of aliphatic hydroxyl groups excluding tert-OH is 1. The molecule has 0 bridgehead atoms. The molecule has 1 saturated carbocycles. The van der Waals surface area contributed by atoms with Gasteiger partial charge >= 0.3 is 0 Å². The van der Waals surface area contributed by atoms with E-state index in [9.17, 15) is 15.0 Å². The third-order valence-electron chi connectivity index (χ3n) is 5.35. The quantitative estimate of drug-likeness (QED) is 0.695. The van der Waals surface area contributed by atoms with Gasteiger partial charge < -0.3 is 10.2 Å². The standard InChI is InChI=1S/C15H20O3/c1-9-12(17)10-6-13(2,8-16)7-11(10)14(3,18)15(9)4-5-15/h16,18H,1,4-8H2,2-3H3/t13-,14+/m1/s1. The highest BCUT2D eigenvalue weighted by Crippen LogP contribution is 2.67. The van der Waals surface area contributed by atoms with E-state index in [0.717, 1.165) is 18.4 Å². The van der Waals surface area contributed by atoms with E-state index in [2.05, 4.69) is 6.58 Å². The van der Waals surface area contributed by atoms with Crippen LogP contribution in [0, 0.1) is 10.8 Å². The van der Waals surface area contributed by atoms with E-state index < -0.39 is 11.0 Å². The van der Waals surface area contributed by atoms with Crippen molar-refractivity contribution in [1.82, 2.24) is 0 Å². The number of ketones is 1. The maximum Gasteiger partial charge on any atom is 0.185 e. The molecule has 0 aromatic carbocycles. The van der Waals surface area contributed by atoms with Crippen LogP contribution in [0.3, 0.4) is 0 Å². The van der Waals surface area contributed by atoms with E-state index in [4.69, 9.17) is 0 Å². The van der Waals surface area contributed by atoms with Gasteiger partial charge in [-0.2, -0.15) is 0 Å². The molecular weight excluding hydrogens is 228 g/mol. The smallest absolute Gasteiger partial charge is 0.185 e. The van der Waals surface area contributed by atoms with Crippen molar-refractivity contribution >= 4 is 5.78 Å². The normalized spacial score (nSPS) is 41.6. The van der Waals surface area contributed by atoms with Crippen LogP contribution in [0.25, 0.3) is 0 Å². The van der Waals surface area contributed by atoms with E-state index in [1.807, 2.05) is 13.8 Å². The van der Waals surface area contributed by atoms with Crippen LogP contribution >= 0.6 is 0 Å². The predicted octanol–water partition coefficient (Wildman–Crippen LogP) is 1.75. The Kier molecular flexibility index (Phi) is 2.12. The zero-order valence-electron chi connectivity index (χ0n) is 11.0. The Morgan fingerprint density at radius 3 is 2.39 bits per heavy atom. The van der Waals surface area contributed by atoms with Crippen molar-refractivity contribution in [3.63, 3.8) is 0 Å². The highest BCUT2D eigenvalue weighted by atomic mass is 16.3. The summed E-state index contributed by atoms with van der Waals surface area (Å²) in [4.78, 5) is 12.4. The van der Waals surface area contributed by atoms with E-state index in [1.54, 1.807) is 0 Å². The van der Waals surface area contributed by atoms with Gasteiger partial charge in [-0.3, -0.25) is 4.79 Å². The summed E-state index contributed by atoms with van der Waals surface area (Å²) < 4.78 is 0. The maximum absolute atomic E-state index is 12.4. The molecule has 18 heavy (non-hydrogen) atoms. The molecule has 0 aliphatic heterocycles. The summed E-state index contributed by atoms with van der Waals surface area (Å²) in [5.74, 6) is 0.0196. The van der Waals surface area contributed by atoms with Crippen LogP contribution in [-0.4, -0.2) is 28.2 Å². The van der Waals surface area contributed by atoms with Crippen LogP contribution in [0.15, 0.2) is 23.3 Å². The molecule has 0 aromatic rings. The van der Waals surface area contributed by atoms with Gasteiger partial charge in [-0.15, -0.1) is 0 Å². The fraction of sp³-hybridized carbons (Fsp3) is 0.667. The second-order valence-electron chi connectivity index (χ2n) is 6.74. The van der Waals surface area contributed by atoms with Gasteiger partial charge in [-0.05, 0) is 43.6 Å². The van der Waals surface area contributed by atoms with Gasteiger partial charge in [0.15, 0.2) is 5.78 Å². The van der Waals surface area contributed by atoms with E-state index >= 15 is 0 Å². The Morgan fingerprint density at radius 1 is 1.28 bits per heavy atom. The van der Waals surface area contributed by atoms with Gasteiger partial charge in [-0.1, -0.05) is 13.5 Å². The Labute approximate surface area is 107 Å². The second-order valence-corrected chi connectivity index (χ2v) is 6.74. The lowest BCUT2D eigenvalue weighted by Crippen LogP contribution is -2.45. The van der Waals surface area contributed by atoms with Crippen LogP contribution in [0.2, 0.25) is 0 Å². The number of rotatable bonds is 1. The van der Waals surface area contributed by atoms with Crippen molar-refractivity contribution in [3.8, 4) is 0 Å². The Hall–Kier alpha value is -0.930. The second kappa shape index (κ2) is 3.14. The maximum atomic E-state index is 12.4. The van der Waals surface area contributed by atoms with Crippen molar-refractivity contribution in [2.45, 2.75) is 45.1 Å². The third-order valence-corrected chi connectivity index (χ3v) is 5.35. The number of allylic oxidation sites excluding steroid dienone is 1. The molecule has 2 N–H and O–H groups in total. The number of carbonyl (C=O) groups excluding carboxylic acids is 1. The molecule has 1 spiro atoms. The van der Waals surface area contributed by atoms with Gasteiger partial charge in [0.05, 0.1) is 5.60 Å². The Morgan fingerprint density at radius 2 is 1.89 bits per heavy atom. The molecule has 0 saturated heterocycles. The summed E-state index contributed by atoms with van der Waals surface area (Å²) in [6, 6.07) is 0. The largest absolute Gasteiger partial charge is 0.396 e. The lowest BCUT2D eigenvalue weighted by atomic mass is 9.67. The molecule has 3 rings (SSSR count). The average molecular weight is 248 g/mol. The molecule has 3 aliphatic carbocycles. The molecule has 3 nitrogen and oxygen atoms in total. The van der Waals surface area contributed by atoms with Crippen LogP contribution in [0.5, 0.6) is 0 Å². The van der Waals surface area contributed by atoms with Crippen molar-refractivity contribution in [2.24, 2.45) is 10.8 Å². The zero-order chi connectivity index (χ0) is 13.3. The van der Waals surface area contributed by atoms with Crippen LogP contribution in [0.1, 0.15) is 39.5 Å². The van der Waals surface area contributed by atoms with Crippen LogP contribution in [0.4, 0.5) is 0 Å². The number of hydrogen-bond donors (Lipinski definition) is 2. The van der Waals surface area contributed by atoms with Gasteiger partial charge in [-0.25, -0.2) is 0 Å². The molecule has 2 atom stereocenters. The van der Waals surface area contributed by atoms with Crippen molar-refractivity contribution in [3.05, 3.63) is 23.3 Å². The van der Waals surface area contributed by atoms with Gasteiger partial charge in [0.25, 0.3) is 0 Å². The number of aliphatic hydroxyl groups is 2. The van der Waals surface area contributed by atoms with Crippen molar-refractivity contribution in [2.75, 3.05) is 6.61 Å². The van der Waals surface area contributed by atoms with E-state index in [-0.39, 0.29) is 17.8 Å². The molecule has 0 heterocycles. The fourth-order valence-corrected chi connectivity index (χ4v) is 3.82. The van der Waals surface area contributed by atoms with E-state index in [1.165, 1.54) is 0 Å². The first-order valence-electron chi connectivity index (χ1n) is 6.57. The van der Waals surface area contributed by atoms with Crippen LogP contribution < -0.4 is 0 Å². The highest BCUT2D eigenvalue weighted by molar-refractivity contribution is 6.12. The monoisotopic (exact) mass is 248 g/mol. The lowest BCUT2D eigenvalue weighted by Gasteiger charge is -2.40. The van der Waals surface area contributed by atoms with Gasteiger partial charge in [0, 0.05) is 23.2 Å². The lowest BCUT2D eigenvalue weighted by molar-refractivity contribution is -0.115. The number of carbonyl (C=O) groups is 1. The minimum atomic E-state index is -0.958. The zero-order valence-corrected chi connectivity index (χ0v) is 11.0. The molecular formula is C15H20O3. The van der Waals surface area contributed by atoms with Gasteiger partial charge in [0.1, 0.15) is 0 Å². The summed E-state index contributed by atoms with van der Waals surface area (Å²) in [5.41, 5.74) is 0.469. The summed E-state index contributed by atoms with van der Waals surface area (Å²) in [6.45, 7) is 7.76. The molecule has 0 amide bonds. The minimum absolute atomic E-state index is 0.0196. The van der Waals surface area contributed by atoms with Crippen molar-refractivity contribution < 1.29 is 15.0 Å². The molecule has 1 fully saturated rings. The Balaban J connectivity index is 2.11. The van der Waals surface area contributed by atoms with Crippen molar-refractivity contribution in [1.29, 1.82) is 0 Å². The van der Waals surface area contributed by atoms with E-state index in [0.29, 0.717) is 24.0 Å². The average Bonchev–Trinajstić information content (AvgIpc) is 3.05. The fourth-order valence-electron chi connectivity index (χ4n) is 3.82. The van der Waals surface area contributed by atoms with Crippen LogP contribution in [-0.2, 0) is 4.79 Å². The van der Waals surface area contributed by atoms with Gasteiger partial charge in [0.2, 0.25) is 0 Å². The number of hydrogen-bond acceptors (Lipinski definition) is 3.